The van der Waals surface area contributed by atoms with E-state index in [1.165, 1.54) is 19.4 Å². The molecule has 5 atom stereocenters. The van der Waals surface area contributed by atoms with Crippen LogP contribution in [0.4, 0.5) is 0 Å². The molecule has 17 heteroatoms. The number of guanidine groups is 1. The van der Waals surface area contributed by atoms with E-state index in [1.807, 2.05) is 0 Å². The van der Waals surface area contributed by atoms with Crippen molar-refractivity contribution in [1.29, 1.82) is 0 Å². The molecular formula is C20H34N10O7. The van der Waals surface area contributed by atoms with E-state index in [0.29, 0.717) is 12.1 Å². The van der Waals surface area contributed by atoms with Gasteiger partial charge in [-0.05, 0) is 19.8 Å². The molecule has 0 aliphatic heterocycles. The van der Waals surface area contributed by atoms with Gasteiger partial charge in [-0.15, -0.1) is 0 Å². The van der Waals surface area contributed by atoms with Gasteiger partial charge in [0.1, 0.15) is 18.1 Å². The summed E-state index contributed by atoms with van der Waals surface area (Å²) < 4.78 is 0. The lowest BCUT2D eigenvalue weighted by molar-refractivity contribution is -0.142. The Hall–Kier alpha value is -4.25. The Balaban J connectivity index is 2.88. The first-order chi connectivity index (χ1) is 17.3. The zero-order valence-corrected chi connectivity index (χ0v) is 20.2. The molecule has 0 saturated heterocycles. The van der Waals surface area contributed by atoms with Crippen molar-refractivity contribution in [3.8, 4) is 0 Å². The van der Waals surface area contributed by atoms with Crippen LogP contribution in [0.15, 0.2) is 17.5 Å². The van der Waals surface area contributed by atoms with Gasteiger partial charge in [-0.1, -0.05) is 0 Å². The second-order valence-corrected chi connectivity index (χ2v) is 8.19. The number of carbonyl (C=O) groups excluding carboxylic acids is 4. The molecule has 1 heterocycles. The van der Waals surface area contributed by atoms with Gasteiger partial charge >= 0.3 is 5.97 Å². The van der Waals surface area contributed by atoms with Crippen LogP contribution in [-0.2, 0) is 30.4 Å². The highest BCUT2D eigenvalue weighted by molar-refractivity contribution is 5.96. The van der Waals surface area contributed by atoms with Gasteiger partial charge in [0.05, 0.1) is 24.9 Å². The van der Waals surface area contributed by atoms with Crippen LogP contribution in [-0.4, -0.2) is 92.6 Å². The van der Waals surface area contributed by atoms with Crippen LogP contribution in [0.25, 0.3) is 0 Å². The van der Waals surface area contributed by atoms with Crippen molar-refractivity contribution < 1.29 is 34.2 Å². The molecule has 0 bridgehead atoms. The molecular weight excluding hydrogens is 492 g/mol. The number of aliphatic hydroxyl groups is 1. The predicted octanol–water partition coefficient (Wildman–Crippen LogP) is -4.87. The number of aliphatic carboxylic acids is 1. The fourth-order valence-corrected chi connectivity index (χ4v) is 3.08. The lowest BCUT2D eigenvalue weighted by Crippen LogP contribution is -2.60. The van der Waals surface area contributed by atoms with Gasteiger partial charge in [0.15, 0.2) is 5.96 Å². The van der Waals surface area contributed by atoms with Crippen molar-refractivity contribution in [2.45, 2.75) is 62.9 Å². The van der Waals surface area contributed by atoms with Crippen LogP contribution in [0.1, 0.15) is 31.9 Å². The van der Waals surface area contributed by atoms with Gasteiger partial charge in [-0.25, -0.2) is 9.78 Å². The van der Waals surface area contributed by atoms with Crippen molar-refractivity contribution in [2.24, 2.45) is 27.9 Å². The number of hydrogen-bond donors (Lipinski definition) is 10. The van der Waals surface area contributed by atoms with Crippen LogP contribution in [0.5, 0.6) is 0 Å². The molecule has 17 nitrogen and oxygen atoms in total. The highest BCUT2D eigenvalue weighted by Crippen LogP contribution is 2.04. The SMILES string of the molecule is CC(O)C(NC(=O)C(N)CCCN=C(N)N)C(=O)NC(CC(N)=O)C(=O)NC(Cc1cnc[nH]1)C(=O)O. The maximum absolute atomic E-state index is 12.8. The first-order valence-corrected chi connectivity index (χ1v) is 11.2. The van der Waals surface area contributed by atoms with Crippen LogP contribution in [0.3, 0.4) is 0 Å². The van der Waals surface area contributed by atoms with E-state index in [9.17, 15) is 34.2 Å². The summed E-state index contributed by atoms with van der Waals surface area (Å²) in [6.45, 7) is 1.44. The molecule has 5 unspecified atom stereocenters. The number of primary amides is 1. The quantitative estimate of drug-likeness (QED) is 0.0553. The number of amides is 4. The number of carbonyl (C=O) groups is 5. The Morgan fingerprint density at radius 3 is 2.22 bits per heavy atom. The standard InChI is InChI=1S/C20H34N10O7/c1-9(31)15(30-16(33)11(21)3-2-4-26-20(23)24)18(35)28-12(6-14(22)32)17(34)29-13(19(36)37)5-10-7-25-8-27-10/h7-9,11-13,15,31H,2-6,21H2,1H3,(H2,22,32)(H,25,27)(H,28,35)(H,29,34)(H,30,33)(H,36,37)(H4,23,24,26). The molecule has 1 rings (SSSR count). The van der Waals surface area contributed by atoms with Crippen molar-refractivity contribution >= 4 is 35.6 Å². The van der Waals surface area contributed by atoms with E-state index >= 15 is 0 Å². The number of nitrogens with one attached hydrogen (secondary N) is 4. The zero-order chi connectivity index (χ0) is 28.1. The van der Waals surface area contributed by atoms with Crippen molar-refractivity contribution in [3.05, 3.63) is 18.2 Å². The van der Waals surface area contributed by atoms with Gasteiger partial charge in [0, 0.05) is 24.9 Å². The van der Waals surface area contributed by atoms with E-state index in [-0.39, 0.29) is 25.3 Å². The smallest absolute Gasteiger partial charge is 0.326 e. The van der Waals surface area contributed by atoms with Gasteiger partial charge in [-0.2, -0.15) is 0 Å². The number of aliphatic hydroxyl groups excluding tert-OH is 1. The molecule has 0 radical (unpaired) electrons. The average Bonchev–Trinajstić information content (AvgIpc) is 3.31. The number of nitrogens with two attached hydrogens (primary N) is 4. The molecule has 1 aromatic rings. The second kappa shape index (κ2) is 15.0. The minimum atomic E-state index is -1.60. The van der Waals surface area contributed by atoms with Gasteiger partial charge in [-0.3, -0.25) is 24.2 Å². The summed E-state index contributed by atoms with van der Waals surface area (Å²) in [6.07, 6.45) is 0.948. The third kappa shape index (κ3) is 11.4. The fraction of sp³-hybridized carbons (Fsp3) is 0.550. The Morgan fingerprint density at radius 1 is 1.05 bits per heavy atom. The highest BCUT2D eigenvalue weighted by atomic mass is 16.4. The zero-order valence-electron chi connectivity index (χ0n) is 20.2. The number of H-pyrrole nitrogens is 1. The highest BCUT2D eigenvalue weighted by Gasteiger charge is 2.33. The number of carboxylic acid groups (broad SMARTS) is 1. The third-order valence-electron chi connectivity index (χ3n) is 5.00. The monoisotopic (exact) mass is 526 g/mol. The van der Waals surface area contributed by atoms with Gasteiger partial charge in [0.25, 0.3) is 0 Å². The molecule has 37 heavy (non-hydrogen) atoms. The summed E-state index contributed by atoms with van der Waals surface area (Å²) in [7, 11) is 0. The minimum Gasteiger partial charge on any atom is -0.480 e. The number of aromatic nitrogens is 2. The van der Waals surface area contributed by atoms with Gasteiger partial charge < -0.3 is 54.1 Å². The summed E-state index contributed by atoms with van der Waals surface area (Å²) in [6, 6.07) is -5.64. The molecule has 0 saturated carbocycles. The lowest BCUT2D eigenvalue weighted by Gasteiger charge is -2.26. The molecule has 0 fully saturated rings. The van der Waals surface area contributed by atoms with Gasteiger partial charge in [0.2, 0.25) is 23.6 Å². The summed E-state index contributed by atoms with van der Waals surface area (Å²) in [5.74, 6) is -5.29. The Labute approximate surface area is 211 Å². The minimum absolute atomic E-state index is 0.116. The van der Waals surface area contributed by atoms with Crippen LogP contribution >= 0.6 is 0 Å². The van der Waals surface area contributed by atoms with Crippen molar-refractivity contribution in [2.75, 3.05) is 6.54 Å². The number of nitrogens with zero attached hydrogens (tertiary/aromatic N) is 2. The molecule has 4 amide bonds. The van der Waals surface area contributed by atoms with Crippen LogP contribution in [0.2, 0.25) is 0 Å². The van der Waals surface area contributed by atoms with E-state index < -0.39 is 66.3 Å². The maximum atomic E-state index is 12.8. The Morgan fingerprint density at radius 2 is 1.70 bits per heavy atom. The van der Waals surface area contributed by atoms with Crippen LogP contribution < -0.4 is 38.9 Å². The molecule has 0 spiro atoms. The van der Waals surface area contributed by atoms with E-state index in [2.05, 4.69) is 30.9 Å². The Bertz CT molecular complexity index is 963. The normalized spacial score (nSPS) is 14.8. The van der Waals surface area contributed by atoms with Crippen LogP contribution in [0, 0.1) is 0 Å². The third-order valence-corrected chi connectivity index (χ3v) is 5.00. The van der Waals surface area contributed by atoms with Crippen molar-refractivity contribution in [1.82, 2.24) is 25.9 Å². The number of rotatable bonds is 16. The van der Waals surface area contributed by atoms with Crippen molar-refractivity contribution in [3.63, 3.8) is 0 Å². The first-order valence-electron chi connectivity index (χ1n) is 11.2. The first kappa shape index (κ1) is 30.8. The number of imidazole rings is 1. The molecule has 0 aliphatic carbocycles. The number of aromatic amines is 1. The number of hydrogen-bond acceptors (Lipinski definition) is 9. The molecule has 14 N–H and O–H groups in total. The number of carboxylic acids is 1. The molecule has 0 aromatic carbocycles. The van der Waals surface area contributed by atoms with E-state index in [0.717, 1.165) is 0 Å². The Kier molecular flexibility index (Phi) is 12.5. The summed E-state index contributed by atoms with van der Waals surface area (Å²) in [5.41, 5.74) is 21.8. The molecule has 1 aromatic heterocycles. The lowest BCUT2D eigenvalue weighted by atomic mass is 10.1. The molecule has 0 aliphatic rings. The largest absolute Gasteiger partial charge is 0.480 e. The summed E-state index contributed by atoms with van der Waals surface area (Å²) in [4.78, 5) is 71.3. The summed E-state index contributed by atoms with van der Waals surface area (Å²) in [5, 5.41) is 26.2. The predicted molar refractivity (Wildman–Crippen MR) is 129 cm³/mol. The van der Waals surface area contributed by atoms with E-state index in [1.54, 1.807) is 0 Å². The topological polar surface area (TPSA) is 307 Å². The number of aliphatic imine (C=N–C) groups is 1. The second-order valence-electron chi connectivity index (χ2n) is 8.19. The fourth-order valence-electron chi connectivity index (χ4n) is 3.08. The maximum Gasteiger partial charge on any atom is 0.326 e. The average molecular weight is 527 g/mol. The summed E-state index contributed by atoms with van der Waals surface area (Å²) >= 11 is 0. The van der Waals surface area contributed by atoms with E-state index in [4.69, 9.17) is 22.9 Å². The molecule has 206 valence electrons.